The van der Waals surface area contributed by atoms with Gasteiger partial charge in [-0.05, 0) is 40.8 Å². The zero-order chi connectivity index (χ0) is 14.6. The highest BCUT2D eigenvalue weighted by molar-refractivity contribution is 14.1. The monoisotopic (exact) mass is 401 g/mol. The summed E-state index contributed by atoms with van der Waals surface area (Å²) in [5.41, 5.74) is -0.716. The number of halogens is 4. The number of benzene rings is 1. The van der Waals surface area contributed by atoms with Crippen molar-refractivity contribution in [3.05, 3.63) is 27.3 Å². The van der Waals surface area contributed by atoms with Gasteiger partial charge in [0.1, 0.15) is 12.4 Å². The van der Waals surface area contributed by atoms with Crippen LogP contribution in [0.2, 0.25) is 0 Å². The fraction of sp³-hybridized carbons (Fsp3) is 0.538. The molecule has 1 saturated heterocycles. The van der Waals surface area contributed by atoms with Gasteiger partial charge in [0.15, 0.2) is 0 Å². The molecule has 1 aliphatic rings. The lowest BCUT2D eigenvalue weighted by Crippen LogP contribution is -2.38. The van der Waals surface area contributed by atoms with Gasteiger partial charge in [0.25, 0.3) is 0 Å². The molecule has 0 unspecified atom stereocenters. The Labute approximate surface area is 129 Å². The van der Waals surface area contributed by atoms with Crippen LogP contribution in [0.25, 0.3) is 0 Å². The molecule has 1 fully saturated rings. The fourth-order valence-corrected chi connectivity index (χ4v) is 2.45. The van der Waals surface area contributed by atoms with E-state index in [4.69, 9.17) is 9.47 Å². The predicted molar refractivity (Wildman–Crippen MR) is 76.9 cm³/mol. The molecule has 1 aromatic carbocycles. The molecule has 7 heteroatoms. The average Bonchev–Trinajstić information content (AvgIpc) is 2.40. The van der Waals surface area contributed by atoms with Crippen LogP contribution < -0.4 is 4.74 Å². The van der Waals surface area contributed by atoms with Gasteiger partial charge in [-0.15, -0.1) is 0 Å². The Hall–Kier alpha value is -0.540. The van der Waals surface area contributed by atoms with Crippen LogP contribution in [0.3, 0.4) is 0 Å². The van der Waals surface area contributed by atoms with Crippen LogP contribution in [0.1, 0.15) is 5.56 Å². The summed E-state index contributed by atoms with van der Waals surface area (Å²) in [4.78, 5) is 2.11. The molecule has 1 heterocycles. The third-order valence-corrected chi connectivity index (χ3v) is 3.69. The number of nitrogens with zero attached hydrogens (tertiary/aromatic N) is 1. The van der Waals surface area contributed by atoms with E-state index in [1.54, 1.807) is 6.07 Å². The Morgan fingerprint density at radius 2 is 1.95 bits per heavy atom. The molecule has 1 aromatic rings. The zero-order valence-electron chi connectivity index (χ0n) is 10.8. The fourth-order valence-electron chi connectivity index (χ4n) is 1.96. The summed E-state index contributed by atoms with van der Waals surface area (Å²) in [7, 11) is 0. The van der Waals surface area contributed by atoms with Crippen molar-refractivity contribution in [1.29, 1.82) is 0 Å². The first-order chi connectivity index (χ1) is 9.47. The number of rotatable bonds is 4. The Kier molecular flexibility index (Phi) is 5.50. The van der Waals surface area contributed by atoms with E-state index in [2.05, 4.69) is 4.90 Å². The zero-order valence-corrected chi connectivity index (χ0v) is 12.9. The third kappa shape index (κ3) is 4.49. The number of alkyl halides is 3. The van der Waals surface area contributed by atoms with Gasteiger partial charge in [-0.25, -0.2) is 0 Å². The second-order valence-electron chi connectivity index (χ2n) is 4.44. The van der Waals surface area contributed by atoms with Crippen LogP contribution in [0.5, 0.6) is 5.75 Å². The van der Waals surface area contributed by atoms with E-state index in [9.17, 15) is 13.2 Å². The lowest BCUT2D eigenvalue weighted by Gasteiger charge is -2.26. The molecule has 0 bridgehead atoms. The average molecular weight is 401 g/mol. The quantitative estimate of drug-likeness (QED) is 0.725. The standard InChI is InChI=1S/C13H15F3INO2/c14-13(15,16)11-9-10(17)1-2-12(11)20-8-5-18-3-6-19-7-4-18/h1-2,9H,3-8H2. The highest BCUT2D eigenvalue weighted by Crippen LogP contribution is 2.37. The molecule has 112 valence electrons. The van der Waals surface area contributed by atoms with Gasteiger partial charge < -0.3 is 9.47 Å². The van der Waals surface area contributed by atoms with Gasteiger partial charge in [-0.3, -0.25) is 4.90 Å². The Morgan fingerprint density at radius 3 is 2.60 bits per heavy atom. The van der Waals surface area contributed by atoms with Crippen molar-refractivity contribution in [3.8, 4) is 5.75 Å². The van der Waals surface area contributed by atoms with Crippen LogP contribution in [0.15, 0.2) is 18.2 Å². The Balaban J connectivity index is 1.95. The number of hydrogen-bond donors (Lipinski definition) is 0. The van der Waals surface area contributed by atoms with Gasteiger partial charge >= 0.3 is 6.18 Å². The highest BCUT2D eigenvalue weighted by Gasteiger charge is 2.34. The Morgan fingerprint density at radius 1 is 1.25 bits per heavy atom. The van der Waals surface area contributed by atoms with E-state index in [1.807, 2.05) is 22.6 Å². The van der Waals surface area contributed by atoms with Gasteiger partial charge in [0.2, 0.25) is 0 Å². The molecular formula is C13H15F3INO2. The van der Waals surface area contributed by atoms with Gasteiger partial charge in [-0.2, -0.15) is 13.2 Å². The molecule has 0 aromatic heterocycles. The third-order valence-electron chi connectivity index (χ3n) is 3.02. The second kappa shape index (κ2) is 6.95. The molecular weight excluding hydrogens is 386 g/mol. The SMILES string of the molecule is FC(F)(F)c1cc(I)ccc1OCCN1CCOCC1. The molecule has 3 nitrogen and oxygen atoms in total. The molecule has 0 atom stereocenters. The van der Waals surface area contributed by atoms with E-state index >= 15 is 0 Å². The molecule has 0 N–H and O–H groups in total. The van der Waals surface area contributed by atoms with E-state index in [-0.39, 0.29) is 12.4 Å². The summed E-state index contributed by atoms with van der Waals surface area (Å²) < 4.78 is 49.8. The van der Waals surface area contributed by atoms with E-state index < -0.39 is 11.7 Å². The summed E-state index contributed by atoms with van der Waals surface area (Å²) >= 11 is 1.86. The van der Waals surface area contributed by atoms with Crippen molar-refractivity contribution in [2.75, 3.05) is 39.5 Å². The minimum Gasteiger partial charge on any atom is -0.492 e. The number of morpholine rings is 1. The van der Waals surface area contributed by atoms with Crippen molar-refractivity contribution in [1.82, 2.24) is 4.90 Å². The predicted octanol–water partition coefficient (Wildman–Crippen LogP) is 3.02. The molecule has 0 amide bonds. The maximum absolute atomic E-state index is 12.9. The van der Waals surface area contributed by atoms with Crippen molar-refractivity contribution in [2.24, 2.45) is 0 Å². The van der Waals surface area contributed by atoms with Crippen molar-refractivity contribution >= 4 is 22.6 Å². The molecule has 0 aliphatic carbocycles. The molecule has 2 rings (SSSR count). The summed E-state index contributed by atoms with van der Waals surface area (Å²) in [6, 6.07) is 4.09. The Bertz CT molecular complexity index is 448. The summed E-state index contributed by atoms with van der Waals surface area (Å²) in [6.07, 6.45) is -4.39. The largest absolute Gasteiger partial charge is 0.492 e. The minimum atomic E-state index is -4.39. The van der Waals surface area contributed by atoms with Crippen molar-refractivity contribution in [3.63, 3.8) is 0 Å². The normalized spacial score (nSPS) is 17.2. The second-order valence-corrected chi connectivity index (χ2v) is 5.69. The smallest absolute Gasteiger partial charge is 0.419 e. The summed E-state index contributed by atoms with van der Waals surface area (Å²) in [6.45, 7) is 3.76. The van der Waals surface area contributed by atoms with Crippen LogP contribution in [0, 0.1) is 3.57 Å². The lowest BCUT2D eigenvalue weighted by molar-refractivity contribution is -0.139. The van der Waals surface area contributed by atoms with E-state index in [0.717, 1.165) is 19.2 Å². The maximum atomic E-state index is 12.9. The highest BCUT2D eigenvalue weighted by atomic mass is 127. The molecule has 20 heavy (non-hydrogen) atoms. The summed E-state index contributed by atoms with van der Waals surface area (Å²) in [5.74, 6) is -0.105. The first-order valence-corrected chi connectivity index (χ1v) is 7.34. The molecule has 0 radical (unpaired) electrons. The minimum absolute atomic E-state index is 0.105. The van der Waals surface area contributed by atoms with Crippen molar-refractivity contribution in [2.45, 2.75) is 6.18 Å². The molecule has 1 aliphatic heterocycles. The van der Waals surface area contributed by atoms with Crippen LogP contribution in [-0.4, -0.2) is 44.4 Å². The van der Waals surface area contributed by atoms with Gasteiger partial charge in [-0.1, -0.05) is 0 Å². The van der Waals surface area contributed by atoms with E-state index in [1.165, 1.54) is 6.07 Å². The first kappa shape index (κ1) is 15.8. The lowest BCUT2D eigenvalue weighted by atomic mass is 10.2. The summed E-state index contributed by atoms with van der Waals surface area (Å²) in [5, 5.41) is 0. The van der Waals surface area contributed by atoms with Crippen LogP contribution in [-0.2, 0) is 10.9 Å². The molecule has 0 spiro atoms. The topological polar surface area (TPSA) is 21.7 Å². The van der Waals surface area contributed by atoms with Gasteiger partial charge in [0.05, 0.1) is 18.8 Å². The van der Waals surface area contributed by atoms with Crippen LogP contribution >= 0.6 is 22.6 Å². The van der Waals surface area contributed by atoms with Crippen molar-refractivity contribution < 1.29 is 22.6 Å². The molecule has 0 saturated carbocycles. The maximum Gasteiger partial charge on any atom is 0.419 e. The first-order valence-electron chi connectivity index (χ1n) is 6.26. The van der Waals surface area contributed by atoms with Gasteiger partial charge in [0, 0.05) is 23.2 Å². The van der Waals surface area contributed by atoms with Crippen LogP contribution in [0.4, 0.5) is 13.2 Å². The number of hydrogen-bond acceptors (Lipinski definition) is 3. The number of ether oxygens (including phenoxy) is 2. The van der Waals surface area contributed by atoms with E-state index in [0.29, 0.717) is 23.3 Å².